The van der Waals surface area contributed by atoms with Crippen molar-refractivity contribution in [2.75, 3.05) is 18.1 Å². The summed E-state index contributed by atoms with van der Waals surface area (Å²) in [5.41, 5.74) is 0. The molecule has 0 aliphatic heterocycles. The van der Waals surface area contributed by atoms with Crippen molar-refractivity contribution in [2.24, 2.45) is 5.92 Å². The summed E-state index contributed by atoms with van der Waals surface area (Å²) in [6, 6.07) is 4.12. The summed E-state index contributed by atoms with van der Waals surface area (Å²) in [5.74, 6) is 5.35. The Hall–Kier alpha value is -0.410. The van der Waals surface area contributed by atoms with E-state index < -0.39 is 0 Å². The number of hydrogen-bond donors (Lipinski definition) is 1. The molecule has 0 aliphatic carbocycles. The van der Waals surface area contributed by atoms with Crippen LogP contribution in [0.1, 0.15) is 32.3 Å². The Morgan fingerprint density at radius 2 is 2.06 bits per heavy atom. The van der Waals surface area contributed by atoms with Crippen molar-refractivity contribution in [1.82, 2.24) is 5.32 Å². The van der Waals surface area contributed by atoms with Crippen LogP contribution in [-0.4, -0.2) is 18.1 Å². The molecular formula is C13H23NOS. The summed E-state index contributed by atoms with van der Waals surface area (Å²) in [6.07, 6.45) is 0.976. The summed E-state index contributed by atoms with van der Waals surface area (Å²) in [4.78, 5) is 0. The Morgan fingerprint density at radius 3 is 2.69 bits per heavy atom. The molecule has 1 aromatic rings. The minimum atomic E-state index is 0.794. The summed E-state index contributed by atoms with van der Waals surface area (Å²) in [5, 5.41) is 3.40. The van der Waals surface area contributed by atoms with Crippen LogP contribution in [-0.2, 0) is 13.0 Å². The van der Waals surface area contributed by atoms with Gasteiger partial charge in [-0.2, -0.15) is 11.8 Å². The summed E-state index contributed by atoms with van der Waals surface area (Å²) < 4.78 is 5.61. The average Bonchev–Trinajstić information content (AvgIpc) is 2.70. The minimum Gasteiger partial charge on any atom is -0.465 e. The first kappa shape index (κ1) is 13.7. The van der Waals surface area contributed by atoms with Crippen molar-refractivity contribution in [3.63, 3.8) is 0 Å². The maximum Gasteiger partial charge on any atom is 0.117 e. The van der Waals surface area contributed by atoms with Crippen molar-refractivity contribution in [1.29, 1.82) is 0 Å². The van der Waals surface area contributed by atoms with Gasteiger partial charge in [0.1, 0.15) is 11.5 Å². The van der Waals surface area contributed by atoms with Crippen LogP contribution in [0.25, 0.3) is 0 Å². The van der Waals surface area contributed by atoms with Crippen LogP contribution < -0.4 is 5.32 Å². The molecule has 1 N–H and O–H groups in total. The second kappa shape index (κ2) is 7.80. The first-order valence-corrected chi connectivity index (χ1v) is 7.24. The Kier molecular flexibility index (Phi) is 6.65. The van der Waals surface area contributed by atoms with Crippen LogP contribution in [0.3, 0.4) is 0 Å². The van der Waals surface area contributed by atoms with Crippen LogP contribution in [0.2, 0.25) is 0 Å². The van der Waals surface area contributed by atoms with E-state index >= 15 is 0 Å². The highest BCUT2D eigenvalue weighted by Gasteiger charge is 1.99. The summed E-state index contributed by atoms with van der Waals surface area (Å²) in [7, 11) is 0. The molecule has 3 heteroatoms. The third-order valence-electron chi connectivity index (χ3n) is 2.24. The van der Waals surface area contributed by atoms with Gasteiger partial charge in [-0.3, -0.25) is 0 Å². The maximum absolute atomic E-state index is 5.61. The Balaban J connectivity index is 2.02. The predicted molar refractivity (Wildman–Crippen MR) is 72.0 cm³/mol. The molecule has 0 radical (unpaired) electrons. The van der Waals surface area contributed by atoms with Gasteiger partial charge in [-0.1, -0.05) is 20.8 Å². The first-order valence-electron chi connectivity index (χ1n) is 6.08. The van der Waals surface area contributed by atoms with Crippen molar-refractivity contribution in [3.8, 4) is 0 Å². The fourth-order valence-corrected chi connectivity index (χ4v) is 2.31. The van der Waals surface area contributed by atoms with Crippen molar-refractivity contribution in [3.05, 3.63) is 23.7 Å². The van der Waals surface area contributed by atoms with Gasteiger partial charge < -0.3 is 9.73 Å². The molecule has 1 rings (SSSR count). The van der Waals surface area contributed by atoms with Crippen molar-refractivity contribution < 1.29 is 4.42 Å². The average molecular weight is 241 g/mol. The van der Waals surface area contributed by atoms with Gasteiger partial charge in [-0.25, -0.2) is 0 Å². The summed E-state index contributed by atoms with van der Waals surface area (Å²) in [6.45, 7) is 8.53. The number of hydrogen-bond acceptors (Lipinski definition) is 3. The number of nitrogens with one attached hydrogen (secondary N) is 1. The van der Waals surface area contributed by atoms with Crippen molar-refractivity contribution >= 4 is 11.8 Å². The second-order valence-corrected chi connectivity index (χ2v) is 5.52. The highest BCUT2D eigenvalue weighted by atomic mass is 32.2. The van der Waals surface area contributed by atoms with E-state index in [1.165, 1.54) is 11.5 Å². The normalized spacial score (nSPS) is 11.2. The van der Waals surface area contributed by atoms with Gasteiger partial charge in [-0.05, 0) is 23.8 Å². The predicted octanol–water partition coefficient (Wildman–Crippen LogP) is 3.32. The molecule has 0 aliphatic rings. The molecule has 0 fully saturated rings. The quantitative estimate of drug-likeness (QED) is 0.707. The highest BCUT2D eigenvalue weighted by molar-refractivity contribution is 7.99. The minimum absolute atomic E-state index is 0.794. The monoisotopic (exact) mass is 241 g/mol. The molecule has 1 aromatic heterocycles. The first-order chi connectivity index (χ1) is 7.72. The molecule has 1 heterocycles. The van der Waals surface area contributed by atoms with E-state index in [9.17, 15) is 0 Å². The molecule has 92 valence electrons. The van der Waals surface area contributed by atoms with Gasteiger partial charge in [0, 0.05) is 18.7 Å². The molecule has 0 saturated carbocycles. The second-order valence-electron chi connectivity index (χ2n) is 4.37. The highest BCUT2D eigenvalue weighted by Crippen LogP contribution is 2.08. The van der Waals surface area contributed by atoms with Gasteiger partial charge in [0.25, 0.3) is 0 Å². The molecule has 2 nitrogen and oxygen atoms in total. The lowest BCUT2D eigenvalue weighted by atomic mass is 10.3. The van der Waals surface area contributed by atoms with Gasteiger partial charge in [0.05, 0.1) is 6.54 Å². The zero-order valence-corrected chi connectivity index (χ0v) is 11.4. The van der Waals surface area contributed by atoms with E-state index in [-0.39, 0.29) is 0 Å². The molecule has 0 amide bonds. The lowest BCUT2D eigenvalue weighted by molar-refractivity contribution is 0.454. The molecule has 0 spiro atoms. The van der Waals surface area contributed by atoms with E-state index in [0.29, 0.717) is 0 Å². The topological polar surface area (TPSA) is 25.2 Å². The van der Waals surface area contributed by atoms with Crippen LogP contribution >= 0.6 is 11.8 Å². The number of aryl methyl sites for hydroxylation is 1. The Labute approximate surface area is 103 Å². The smallest absolute Gasteiger partial charge is 0.117 e. The van der Waals surface area contributed by atoms with Gasteiger partial charge in [0.2, 0.25) is 0 Å². The van der Waals surface area contributed by atoms with Gasteiger partial charge in [0.15, 0.2) is 0 Å². The molecule has 0 bridgehead atoms. The lowest BCUT2D eigenvalue weighted by Crippen LogP contribution is -2.16. The molecule has 0 saturated heterocycles. The van der Waals surface area contributed by atoms with Crippen LogP contribution in [0.4, 0.5) is 0 Å². The number of thioether (sulfide) groups is 1. The largest absolute Gasteiger partial charge is 0.465 e. The zero-order valence-electron chi connectivity index (χ0n) is 10.6. The molecule has 0 unspecified atom stereocenters. The van der Waals surface area contributed by atoms with Gasteiger partial charge in [-0.15, -0.1) is 0 Å². The maximum atomic E-state index is 5.61. The third-order valence-corrected chi connectivity index (χ3v) is 3.63. The van der Waals surface area contributed by atoms with Gasteiger partial charge >= 0.3 is 0 Å². The standard InChI is InChI=1S/C13H23NOS/c1-4-12-5-6-13(15-12)9-14-7-8-16-10-11(2)3/h5-6,11,14H,4,7-10H2,1-3H3. The van der Waals surface area contributed by atoms with E-state index in [4.69, 9.17) is 4.42 Å². The summed E-state index contributed by atoms with van der Waals surface area (Å²) >= 11 is 2.01. The molecule has 0 aromatic carbocycles. The Bertz CT molecular complexity index is 283. The van der Waals surface area contributed by atoms with E-state index in [2.05, 4.69) is 38.2 Å². The molecule has 16 heavy (non-hydrogen) atoms. The molecular weight excluding hydrogens is 218 g/mol. The Morgan fingerprint density at radius 1 is 1.31 bits per heavy atom. The number of furan rings is 1. The SMILES string of the molecule is CCc1ccc(CNCCSCC(C)C)o1. The molecule has 0 atom stereocenters. The zero-order chi connectivity index (χ0) is 11.8. The third kappa shape index (κ3) is 5.61. The van der Waals surface area contributed by atoms with Crippen LogP contribution in [0.5, 0.6) is 0 Å². The van der Waals surface area contributed by atoms with E-state index in [1.54, 1.807) is 0 Å². The lowest BCUT2D eigenvalue weighted by Gasteiger charge is -2.05. The number of rotatable bonds is 8. The fraction of sp³-hybridized carbons (Fsp3) is 0.692. The van der Waals surface area contributed by atoms with E-state index in [1.807, 2.05) is 11.8 Å². The van der Waals surface area contributed by atoms with Crippen LogP contribution in [0, 0.1) is 5.92 Å². The fourth-order valence-electron chi connectivity index (χ4n) is 1.38. The van der Waals surface area contributed by atoms with Crippen molar-refractivity contribution in [2.45, 2.75) is 33.7 Å². The van der Waals surface area contributed by atoms with E-state index in [0.717, 1.165) is 36.9 Å². The van der Waals surface area contributed by atoms with Crippen LogP contribution in [0.15, 0.2) is 16.5 Å².